The molecule has 1 atom stereocenters. The molecule has 4 nitrogen and oxygen atoms in total. The average Bonchev–Trinajstić information content (AvgIpc) is 2.60. The van der Waals surface area contributed by atoms with Crippen LogP contribution in [0.5, 0.6) is 11.5 Å². The molecule has 0 spiro atoms. The van der Waals surface area contributed by atoms with E-state index >= 15 is 0 Å². The van der Waals surface area contributed by atoms with Gasteiger partial charge in [0.1, 0.15) is 11.5 Å². The Morgan fingerprint density at radius 3 is 2.35 bits per heavy atom. The number of ether oxygens (including phenoxy) is 2. The highest BCUT2D eigenvalue weighted by molar-refractivity contribution is 5.80. The third-order valence-corrected chi connectivity index (χ3v) is 4.13. The van der Waals surface area contributed by atoms with Gasteiger partial charge in [0.2, 0.25) is 0 Å². The van der Waals surface area contributed by atoms with E-state index in [1.54, 1.807) is 6.92 Å². The zero-order valence-corrected chi connectivity index (χ0v) is 16.3. The number of para-hydroxylation sites is 1. The summed E-state index contributed by atoms with van der Waals surface area (Å²) in [6.07, 6.45) is -0.574. The molecule has 0 heterocycles. The Balaban J connectivity index is 1.92. The molecule has 26 heavy (non-hydrogen) atoms. The van der Waals surface area contributed by atoms with Crippen LogP contribution in [0.25, 0.3) is 0 Å². The molecule has 0 aliphatic heterocycles. The van der Waals surface area contributed by atoms with Gasteiger partial charge in [-0.3, -0.25) is 4.79 Å². The van der Waals surface area contributed by atoms with Gasteiger partial charge >= 0.3 is 0 Å². The first-order valence-electron chi connectivity index (χ1n) is 9.07. The van der Waals surface area contributed by atoms with E-state index in [1.807, 2.05) is 55.5 Å². The van der Waals surface area contributed by atoms with E-state index in [2.05, 4.69) is 26.1 Å². The first-order chi connectivity index (χ1) is 12.3. The van der Waals surface area contributed by atoms with E-state index in [4.69, 9.17) is 9.47 Å². The van der Waals surface area contributed by atoms with Gasteiger partial charge in [-0.15, -0.1) is 0 Å². The van der Waals surface area contributed by atoms with Crippen LogP contribution in [-0.2, 0) is 16.8 Å². The SMILES string of the molecule is CCOc1ccccc1CNC(=O)[C@@H](C)Oc1ccc(C(C)(C)C)cc1. The lowest BCUT2D eigenvalue weighted by molar-refractivity contribution is -0.127. The Bertz CT molecular complexity index is 717. The van der Waals surface area contributed by atoms with Crippen LogP contribution < -0.4 is 14.8 Å². The number of rotatable bonds is 7. The number of carbonyl (C=O) groups is 1. The molecule has 0 aliphatic rings. The first kappa shape index (κ1) is 19.8. The minimum absolute atomic E-state index is 0.0927. The number of hydrogen-bond acceptors (Lipinski definition) is 3. The molecule has 2 aromatic rings. The van der Waals surface area contributed by atoms with Crippen molar-refractivity contribution >= 4 is 5.91 Å². The molecule has 140 valence electrons. The van der Waals surface area contributed by atoms with Gasteiger partial charge in [0.25, 0.3) is 5.91 Å². The molecule has 1 amide bonds. The molecule has 1 N–H and O–H groups in total. The van der Waals surface area contributed by atoms with Gasteiger partial charge in [-0.2, -0.15) is 0 Å². The molecule has 0 saturated heterocycles. The molecular formula is C22H29NO3. The zero-order valence-electron chi connectivity index (χ0n) is 16.3. The topological polar surface area (TPSA) is 47.6 Å². The fraction of sp³-hybridized carbons (Fsp3) is 0.409. The fourth-order valence-electron chi connectivity index (χ4n) is 2.56. The average molecular weight is 355 g/mol. The molecule has 0 aromatic heterocycles. The lowest BCUT2D eigenvalue weighted by Gasteiger charge is -2.20. The lowest BCUT2D eigenvalue weighted by atomic mass is 9.87. The quantitative estimate of drug-likeness (QED) is 0.797. The number of amides is 1. The van der Waals surface area contributed by atoms with E-state index < -0.39 is 6.10 Å². The molecule has 2 rings (SSSR count). The first-order valence-corrected chi connectivity index (χ1v) is 9.07. The van der Waals surface area contributed by atoms with Crippen LogP contribution >= 0.6 is 0 Å². The zero-order chi connectivity index (χ0) is 19.2. The third-order valence-electron chi connectivity index (χ3n) is 4.13. The van der Waals surface area contributed by atoms with Crippen LogP contribution in [0.15, 0.2) is 48.5 Å². The van der Waals surface area contributed by atoms with Gasteiger partial charge in [0, 0.05) is 12.1 Å². The maximum Gasteiger partial charge on any atom is 0.261 e. The molecule has 4 heteroatoms. The van der Waals surface area contributed by atoms with Crippen molar-refractivity contribution < 1.29 is 14.3 Å². The van der Waals surface area contributed by atoms with Crippen molar-refractivity contribution in [3.63, 3.8) is 0 Å². The number of benzene rings is 2. The van der Waals surface area contributed by atoms with Crippen molar-refractivity contribution in [2.45, 2.75) is 52.7 Å². The number of nitrogens with one attached hydrogen (secondary N) is 1. The summed E-state index contributed by atoms with van der Waals surface area (Å²) < 4.78 is 11.3. The molecule has 0 aliphatic carbocycles. The van der Waals surface area contributed by atoms with Crippen molar-refractivity contribution in [1.29, 1.82) is 0 Å². The minimum atomic E-state index is -0.574. The molecule has 0 bridgehead atoms. The molecule has 0 unspecified atom stereocenters. The van der Waals surface area contributed by atoms with Gasteiger partial charge in [-0.1, -0.05) is 51.1 Å². The van der Waals surface area contributed by atoms with Crippen LogP contribution in [0.1, 0.15) is 45.7 Å². The number of hydrogen-bond donors (Lipinski definition) is 1. The highest BCUT2D eigenvalue weighted by Gasteiger charge is 2.17. The predicted octanol–water partition coefficient (Wildman–Crippen LogP) is 4.47. The third kappa shape index (κ3) is 5.51. The Hall–Kier alpha value is -2.49. The van der Waals surface area contributed by atoms with Crippen LogP contribution in [0.2, 0.25) is 0 Å². The summed E-state index contributed by atoms with van der Waals surface area (Å²) in [5.74, 6) is 1.33. The van der Waals surface area contributed by atoms with Crippen molar-refractivity contribution in [2.75, 3.05) is 6.61 Å². The lowest BCUT2D eigenvalue weighted by Crippen LogP contribution is -2.36. The van der Waals surface area contributed by atoms with E-state index in [-0.39, 0.29) is 11.3 Å². The Morgan fingerprint density at radius 2 is 1.73 bits per heavy atom. The summed E-state index contributed by atoms with van der Waals surface area (Å²) >= 11 is 0. The van der Waals surface area contributed by atoms with Crippen molar-refractivity contribution in [2.24, 2.45) is 0 Å². The van der Waals surface area contributed by atoms with Gasteiger partial charge in [0.15, 0.2) is 6.10 Å². The fourth-order valence-corrected chi connectivity index (χ4v) is 2.56. The van der Waals surface area contributed by atoms with Gasteiger partial charge in [-0.05, 0) is 43.0 Å². The monoisotopic (exact) mass is 355 g/mol. The van der Waals surface area contributed by atoms with Crippen molar-refractivity contribution in [3.05, 3.63) is 59.7 Å². The van der Waals surface area contributed by atoms with Crippen molar-refractivity contribution in [1.82, 2.24) is 5.32 Å². The van der Waals surface area contributed by atoms with E-state index in [1.165, 1.54) is 5.56 Å². The highest BCUT2D eigenvalue weighted by atomic mass is 16.5. The Kier molecular flexibility index (Phi) is 6.67. The largest absolute Gasteiger partial charge is 0.494 e. The summed E-state index contributed by atoms with van der Waals surface area (Å²) in [4.78, 5) is 12.3. The highest BCUT2D eigenvalue weighted by Crippen LogP contribution is 2.24. The van der Waals surface area contributed by atoms with E-state index in [9.17, 15) is 4.79 Å². The Labute approximate surface area is 156 Å². The van der Waals surface area contributed by atoms with Crippen LogP contribution in [0, 0.1) is 0 Å². The second-order valence-electron chi connectivity index (χ2n) is 7.29. The molecule has 0 saturated carbocycles. The second-order valence-corrected chi connectivity index (χ2v) is 7.29. The normalized spacial score (nSPS) is 12.3. The molecule has 2 aromatic carbocycles. The maximum absolute atomic E-state index is 12.3. The van der Waals surface area contributed by atoms with Gasteiger partial charge in [0.05, 0.1) is 6.61 Å². The molecule has 0 fully saturated rings. The molecular weight excluding hydrogens is 326 g/mol. The van der Waals surface area contributed by atoms with Gasteiger partial charge in [-0.25, -0.2) is 0 Å². The summed E-state index contributed by atoms with van der Waals surface area (Å²) in [6.45, 7) is 11.2. The molecule has 0 radical (unpaired) electrons. The van der Waals surface area contributed by atoms with Crippen LogP contribution in [0.4, 0.5) is 0 Å². The Morgan fingerprint density at radius 1 is 1.08 bits per heavy atom. The minimum Gasteiger partial charge on any atom is -0.494 e. The van der Waals surface area contributed by atoms with E-state index in [0.29, 0.717) is 18.9 Å². The summed E-state index contributed by atoms with van der Waals surface area (Å²) in [7, 11) is 0. The smallest absolute Gasteiger partial charge is 0.261 e. The maximum atomic E-state index is 12.3. The standard InChI is InChI=1S/C22H29NO3/c1-6-25-20-10-8-7-9-17(20)15-23-21(24)16(2)26-19-13-11-18(12-14-19)22(3,4)5/h7-14,16H,6,15H2,1-5H3,(H,23,24)/t16-/m1/s1. The van der Waals surface area contributed by atoms with Crippen molar-refractivity contribution in [3.8, 4) is 11.5 Å². The van der Waals surface area contributed by atoms with E-state index in [0.717, 1.165) is 11.3 Å². The summed E-state index contributed by atoms with van der Waals surface area (Å²) in [5.41, 5.74) is 2.27. The predicted molar refractivity (Wildman–Crippen MR) is 105 cm³/mol. The summed E-state index contributed by atoms with van der Waals surface area (Å²) in [6, 6.07) is 15.6. The van der Waals surface area contributed by atoms with Gasteiger partial charge < -0.3 is 14.8 Å². The number of carbonyl (C=O) groups excluding carboxylic acids is 1. The second kappa shape index (κ2) is 8.75. The van der Waals surface area contributed by atoms with Crippen LogP contribution in [0.3, 0.4) is 0 Å². The summed E-state index contributed by atoms with van der Waals surface area (Å²) in [5, 5.41) is 2.91. The van der Waals surface area contributed by atoms with Crippen LogP contribution in [-0.4, -0.2) is 18.6 Å².